The molecule has 1 aliphatic rings. The highest BCUT2D eigenvalue weighted by molar-refractivity contribution is 6.06. The SMILES string of the molecule is CCc1ccc(N2CC(=O)NC(C(C)C)C2=O)cc1. The van der Waals surface area contributed by atoms with Crippen LogP contribution in [0.3, 0.4) is 0 Å². The standard InChI is InChI=1S/C15H20N2O2/c1-4-11-5-7-12(8-6-11)17-9-13(18)16-14(10(2)3)15(17)19/h5-8,10,14H,4,9H2,1-3H3,(H,16,18). The Morgan fingerprint density at radius 2 is 1.89 bits per heavy atom. The maximum absolute atomic E-state index is 12.4. The first kappa shape index (κ1) is 13.6. The number of rotatable bonds is 3. The van der Waals surface area contributed by atoms with E-state index in [4.69, 9.17) is 0 Å². The molecule has 102 valence electrons. The van der Waals surface area contributed by atoms with Gasteiger partial charge in [-0.25, -0.2) is 0 Å². The second-order valence-electron chi connectivity index (χ2n) is 5.23. The van der Waals surface area contributed by atoms with Gasteiger partial charge in [-0.2, -0.15) is 0 Å². The van der Waals surface area contributed by atoms with Crippen molar-refractivity contribution in [1.82, 2.24) is 5.32 Å². The lowest BCUT2D eigenvalue weighted by molar-refractivity contribution is -0.132. The molecule has 1 aromatic carbocycles. The first-order chi connectivity index (χ1) is 9.02. The lowest BCUT2D eigenvalue weighted by Gasteiger charge is -2.34. The minimum atomic E-state index is -0.424. The smallest absolute Gasteiger partial charge is 0.250 e. The highest BCUT2D eigenvalue weighted by Gasteiger charge is 2.35. The van der Waals surface area contributed by atoms with Crippen molar-refractivity contribution in [3.8, 4) is 0 Å². The van der Waals surface area contributed by atoms with E-state index in [9.17, 15) is 9.59 Å². The van der Waals surface area contributed by atoms with Gasteiger partial charge >= 0.3 is 0 Å². The van der Waals surface area contributed by atoms with Gasteiger partial charge in [0.1, 0.15) is 12.6 Å². The third-order valence-electron chi connectivity index (χ3n) is 3.47. The van der Waals surface area contributed by atoms with Crippen LogP contribution in [0.2, 0.25) is 0 Å². The van der Waals surface area contributed by atoms with Gasteiger partial charge in [-0.15, -0.1) is 0 Å². The van der Waals surface area contributed by atoms with Crippen LogP contribution < -0.4 is 10.2 Å². The highest BCUT2D eigenvalue weighted by atomic mass is 16.2. The zero-order valence-electron chi connectivity index (χ0n) is 11.6. The Labute approximate surface area is 113 Å². The van der Waals surface area contributed by atoms with E-state index in [0.29, 0.717) is 0 Å². The number of carbonyl (C=O) groups excluding carboxylic acids is 2. The van der Waals surface area contributed by atoms with E-state index in [1.54, 1.807) is 4.90 Å². The van der Waals surface area contributed by atoms with E-state index in [-0.39, 0.29) is 24.3 Å². The van der Waals surface area contributed by atoms with Gasteiger partial charge in [-0.3, -0.25) is 9.59 Å². The molecule has 4 heteroatoms. The van der Waals surface area contributed by atoms with Gasteiger partial charge in [0.25, 0.3) is 0 Å². The van der Waals surface area contributed by atoms with Crippen molar-refractivity contribution >= 4 is 17.5 Å². The number of piperazine rings is 1. The summed E-state index contributed by atoms with van der Waals surface area (Å²) in [7, 11) is 0. The molecule has 0 bridgehead atoms. The fraction of sp³-hybridized carbons (Fsp3) is 0.467. The van der Waals surface area contributed by atoms with Crippen LogP contribution in [0.4, 0.5) is 5.69 Å². The van der Waals surface area contributed by atoms with Crippen molar-refractivity contribution in [2.45, 2.75) is 33.2 Å². The van der Waals surface area contributed by atoms with Gasteiger partial charge in [0.05, 0.1) is 0 Å². The normalized spacial score (nSPS) is 19.8. The zero-order valence-corrected chi connectivity index (χ0v) is 11.6. The minimum Gasteiger partial charge on any atom is -0.342 e. The number of anilines is 1. The van der Waals surface area contributed by atoms with Gasteiger partial charge in [0, 0.05) is 5.69 Å². The number of carbonyl (C=O) groups is 2. The summed E-state index contributed by atoms with van der Waals surface area (Å²) in [6, 6.07) is 7.39. The third-order valence-corrected chi connectivity index (χ3v) is 3.47. The third kappa shape index (κ3) is 2.78. The fourth-order valence-electron chi connectivity index (χ4n) is 2.25. The molecule has 0 radical (unpaired) electrons. The van der Waals surface area contributed by atoms with Crippen molar-refractivity contribution in [3.05, 3.63) is 29.8 Å². The molecule has 0 aromatic heterocycles. The predicted octanol–water partition coefficient (Wildman–Crippen LogP) is 1.74. The Balaban J connectivity index is 2.26. The molecule has 1 heterocycles. The monoisotopic (exact) mass is 260 g/mol. The number of hydrogen-bond donors (Lipinski definition) is 1. The molecule has 1 saturated heterocycles. The summed E-state index contributed by atoms with van der Waals surface area (Å²) < 4.78 is 0. The maximum Gasteiger partial charge on any atom is 0.250 e. The quantitative estimate of drug-likeness (QED) is 0.900. The molecule has 1 fully saturated rings. The zero-order chi connectivity index (χ0) is 14.0. The second kappa shape index (κ2) is 5.43. The summed E-state index contributed by atoms with van der Waals surface area (Å²) in [5.41, 5.74) is 2.01. The first-order valence-electron chi connectivity index (χ1n) is 6.72. The number of amides is 2. The second-order valence-corrected chi connectivity index (χ2v) is 5.23. The van der Waals surface area contributed by atoms with Gasteiger partial charge in [-0.05, 0) is 30.0 Å². The van der Waals surface area contributed by atoms with Crippen molar-refractivity contribution in [2.75, 3.05) is 11.4 Å². The Hall–Kier alpha value is -1.84. The Morgan fingerprint density at radius 3 is 2.42 bits per heavy atom. The molecule has 1 unspecified atom stereocenters. The Bertz CT molecular complexity index is 479. The van der Waals surface area contributed by atoms with Gasteiger partial charge < -0.3 is 10.2 Å². The summed E-state index contributed by atoms with van der Waals surface area (Å²) in [4.78, 5) is 25.7. The van der Waals surface area contributed by atoms with E-state index >= 15 is 0 Å². The summed E-state index contributed by atoms with van der Waals surface area (Å²) >= 11 is 0. The molecule has 1 aromatic rings. The van der Waals surface area contributed by atoms with Crippen LogP contribution in [0.25, 0.3) is 0 Å². The minimum absolute atomic E-state index is 0.0288. The lowest BCUT2D eigenvalue weighted by atomic mass is 10.00. The van der Waals surface area contributed by atoms with Crippen LogP contribution in [0.1, 0.15) is 26.3 Å². The predicted molar refractivity (Wildman–Crippen MR) is 74.9 cm³/mol. The molecule has 0 saturated carbocycles. The average molecular weight is 260 g/mol. The molecule has 19 heavy (non-hydrogen) atoms. The van der Waals surface area contributed by atoms with Gasteiger partial charge in [0.2, 0.25) is 11.8 Å². The summed E-state index contributed by atoms with van der Waals surface area (Å²) in [6.45, 7) is 6.07. The largest absolute Gasteiger partial charge is 0.342 e. The van der Waals surface area contributed by atoms with E-state index in [1.165, 1.54) is 5.56 Å². The van der Waals surface area contributed by atoms with Crippen molar-refractivity contribution in [1.29, 1.82) is 0 Å². The molecule has 2 amide bonds. The Morgan fingerprint density at radius 1 is 1.26 bits per heavy atom. The van der Waals surface area contributed by atoms with Crippen molar-refractivity contribution in [3.63, 3.8) is 0 Å². The molecule has 1 aliphatic heterocycles. The average Bonchev–Trinajstić information content (AvgIpc) is 2.41. The molecule has 4 nitrogen and oxygen atoms in total. The number of nitrogens with zero attached hydrogens (tertiary/aromatic N) is 1. The summed E-state index contributed by atoms with van der Waals surface area (Å²) in [5.74, 6) is -0.0362. The van der Waals surface area contributed by atoms with Crippen LogP contribution in [-0.4, -0.2) is 24.4 Å². The highest BCUT2D eigenvalue weighted by Crippen LogP contribution is 2.20. The number of aryl methyl sites for hydroxylation is 1. The van der Waals surface area contributed by atoms with Crippen LogP contribution >= 0.6 is 0 Å². The number of hydrogen-bond acceptors (Lipinski definition) is 2. The summed E-state index contributed by atoms with van der Waals surface area (Å²) in [6.07, 6.45) is 0.962. The van der Waals surface area contributed by atoms with Gasteiger partial charge in [0.15, 0.2) is 0 Å². The molecule has 2 rings (SSSR count). The lowest BCUT2D eigenvalue weighted by Crippen LogP contribution is -2.60. The van der Waals surface area contributed by atoms with Crippen molar-refractivity contribution in [2.24, 2.45) is 5.92 Å². The van der Waals surface area contributed by atoms with Crippen LogP contribution in [0.15, 0.2) is 24.3 Å². The molecule has 0 aliphatic carbocycles. The Kier molecular flexibility index (Phi) is 3.88. The van der Waals surface area contributed by atoms with Crippen LogP contribution in [0, 0.1) is 5.92 Å². The van der Waals surface area contributed by atoms with E-state index in [2.05, 4.69) is 12.2 Å². The maximum atomic E-state index is 12.4. The first-order valence-corrected chi connectivity index (χ1v) is 6.72. The number of benzene rings is 1. The van der Waals surface area contributed by atoms with E-state index in [0.717, 1.165) is 12.1 Å². The fourth-order valence-corrected chi connectivity index (χ4v) is 2.25. The molecule has 1 atom stereocenters. The molecule has 0 spiro atoms. The summed E-state index contributed by atoms with van der Waals surface area (Å²) in [5, 5.41) is 2.76. The van der Waals surface area contributed by atoms with E-state index < -0.39 is 6.04 Å². The van der Waals surface area contributed by atoms with Gasteiger partial charge in [-0.1, -0.05) is 32.9 Å². The van der Waals surface area contributed by atoms with Crippen molar-refractivity contribution < 1.29 is 9.59 Å². The van der Waals surface area contributed by atoms with Crippen LogP contribution in [0.5, 0.6) is 0 Å². The number of nitrogens with one attached hydrogen (secondary N) is 1. The van der Waals surface area contributed by atoms with Crippen LogP contribution in [-0.2, 0) is 16.0 Å². The molecular weight excluding hydrogens is 240 g/mol. The molecular formula is C15H20N2O2. The molecule has 1 N–H and O–H groups in total. The topological polar surface area (TPSA) is 49.4 Å². The van der Waals surface area contributed by atoms with E-state index in [1.807, 2.05) is 38.1 Å².